The summed E-state index contributed by atoms with van der Waals surface area (Å²) in [6, 6.07) is 0.136. The van der Waals surface area contributed by atoms with Gasteiger partial charge in [0.1, 0.15) is 6.04 Å². The van der Waals surface area contributed by atoms with E-state index in [1.54, 1.807) is 0 Å². The molecule has 1 aliphatic rings. The predicted molar refractivity (Wildman–Crippen MR) is 42.5 cm³/mol. The zero-order chi connectivity index (χ0) is 8.27. The third-order valence-corrected chi connectivity index (χ3v) is 2.25. The molecule has 1 aliphatic carbocycles. The number of rotatable bonds is 4. The predicted octanol–water partition coefficient (Wildman–Crippen LogP) is 0.992. The highest BCUT2D eigenvalue weighted by Gasteiger charge is 2.23. The Morgan fingerprint density at radius 1 is 1.73 bits per heavy atom. The summed E-state index contributed by atoms with van der Waals surface area (Å²) in [5.74, 6) is -0.723. The molecule has 3 nitrogen and oxygen atoms in total. The van der Waals surface area contributed by atoms with Crippen molar-refractivity contribution < 1.29 is 9.90 Å². The van der Waals surface area contributed by atoms with Gasteiger partial charge in [0.2, 0.25) is 0 Å². The van der Waals surface area contributed by atoms with Crippen LogP contribution in [0.2, 0.25) is 0 Å². The lowest BCUT2D eigenvalue weighted by molar-refractivity contribution is -0.139. The summed E-state index contributed by atoms with van der Waals surface area (Å²) < 4.78 is 0. The molecule has 0 heterocycles. The van der Waals surface area contributed by atoms with Gasteiger partial charge in [-0.2, -0.15) is 0 Å². The van der Waals surface area contributed by atoms with E-state index in [2.05, 4.69) is 5.32 Å². The van der Waals surface area contributed by atoms with Gasteiger partial charge in [-0.25, -0.2) is 0 Å². The largest absolute Gasteiger partial charge is 0.480 e. The van der Waals surface area contributed by atoms with Gasteiger partial charge in [-0.3, -0.25) is 4.79 Å². The van der Waals surface area contributed by atoms with Crippen LogP contribution in [0.15, 0.2) is 0 Å². The Hall–Kier alpha value is -0.570. The standard InChI is InChI=1S/C8H15NO2/c1-2-7(8(10)11)9-6-4-3-5-6/h6-7,9H,2-5H2,1H3,(H,10,11). The fourth-order valence-corrected chi connectivity index (χ4v) is 1.22. The third-order valence-electron chi connectivity index (χ3n) is 2.25. The van der Waals surface area contributed by atoms with Crippen LogP contribution in [0.5, 0.6) is 0 Å². The highest BCUT2D eigenvalue weighted by Crippen LogP contribution is 2.18. The summed E-state index contributed by atoms with van der Waals surface area (Å²) in [5, 5.41) is 11.8. The first-order valence-electron chi connectivity index (χ1n) is 4.23. The van der Waals surface area contributed by atoms with Crippen LogP contribution < -0.4 is 5.32 Å². The van der Waals surface area contributed by atoms with Crippen LogP contribution >= 0.6 is 0 Å². The van der Waals surface area contributed by atoms with E-state index in [1.165, 1.54) is 6.42 Å². The minimum absolute atomic E-state index is 0.333. The summed E-state index contributed by atoms with van der Waals surface area (Å²) >= 11 is 0. The maximum atomic E-state index is 10.5. The average Bonchev–Trinajstić information content (AvgIpc) is 1.85. The Kier molecular flexibility index (Phi) is 2.88. The molecule has 0 radical (unpaired) electrons. The summed E-state index contributed by atoms with van der Waals surface area (Å²) in [6.07, 6.45) is 4.20. The van der Waals surface area contributed by atoms with Crippen molar-refractivity contribution in [2.75, 3.05) is 0 Å². The van der Waals surface area contributed by atoms with E-state index < -0.39 is 5.97 Å². The van der Waals surface area contributed by atoms with E-state index >= 15 is 0 Å². The number of nitrogens with one attached hydrogen (secondary N) is 1. The molecule has 0 bridgehead atoms. The fourth-order valence-electron chi connectivity index (χ4n) is 1.22. The number of carbonyl (C=O) groups is 1. The van der Waals surface area contributed by atoms with Gasteiger partial charge in [0.15, 0.2) is 0 Å². The van der Waals surface area contributed by atoms with Gasteiger partial charge in [0, 0.05) is 6.04 Å². The van der Waals surface area contributed by atoms with Crippen LogP contribution in [0.4, 0.5) is 0 Å². The highest BCUT2D eigenvalue weighted by atomic mass is 16.4. The Morgan fingerprint density at radius 2 is 2.36 bits per heavy atom. The van der Waals surface area contributed by atoms with E-state index in [-0.39, 0.29) is 6.04 Å². The molecule has 2 N–H and O–H groups in total. The van der Waals surface area contributed by atoms with Gasteiger partial charge < -0.3 is 10.4 Å². The summed E-state index contributed by atoms with van der Waals surface area (Å²) in [5.41, 5.74) is 0. The molecule has 1 unspecified atom stereocenters. The minimum atomic E-state index is -0.723. The quantitative estimate of drug-likeness (QED) is 0.639. The lowest BCUT2D eigenvalue weighted by Crippen LogP contribution is -2.45. The van der Waals surface area contributed by atoms with Gasteiger partial charge in [-0.1, -0.05) is 13.3 Å². The zero-order valence-corrected chi connectivity index (χ0v) is 6.84. The van der Waals surface area contributed by atoms with Crippen LogP contribution in [0.3, 0.4) is 0 Å². The maximum absolute atomic E-state index is 10.5. The van der Waals surface area contributed by atoms with Crippen LogP contribution in [-0.2, 0) is 4.79 Å². The Labute approximate surface area is 66.8 Å². The average molecular weight is 157 g/mol. The van der Waals surface area contributed by atoms with Gasteiger partial charge in [0.25, 0.3) is 0 Å². The second-order valence-corrected chi connectivity index (χ2v) is 3.09. The van der Waals surface area contributed by atoms with Crippen molar-refractivity contribution in [1.82, 2.24) is 5.32 Å². The normalized spacial score (nSPS) is 20.8. The monoisotopic (exact) mass is 157 g/mol. The Bertz CT molecular complexity index is 143. The second-order valence-electron chi connectivity index (χ2n) is 3.09. The molecule has 0 aromatic carbocycles. The molecule has 3 heteroatoms. The first-order chi connectivity index (χ1) is 5.24. The molecular formula is C8H15NO2. The van der Waals surface area contributed by atoms with Crippen molar-refractivity contribution in [3.8, 4) is 0 Å². The lowest BCUT2D eigenvalue weighted by atomic mass is 9.92. The number of hydrogen-bond donors (Lipinski definition) is 2. The van der Waals surface area contributed by atoms with Crippen LogP contribution in [0.1, 0.15) is 32.6 Å². The van der Waals surface area contributed by atoms with Crippen molar-refractivity contribution in [3.63, 3.8) is 0 Å². The Morgan fingerprint density at radius 3 is 2.64 bits per heavy atom. The maximum Gasteiger partial charge on any atom is 0.320 e. The molecular weight excluding hydrogens is 142 g/mol. The molecule has 1 atom stereocenters. The molecule has 1 saturated carbocycles. The molecule has 0 aromatic heterocycles. The number of aliphatic carboxylic acids is 1. The molecule has 11 heavy (non-hydrogen) atoms. The molecule has 0 aliphatic heterocycles. The van der Waals surface area contributed by atoms with E-state index in [1.807, 2.05) is 6.92 Å². The highest BCUT2D eigenvalue weighted by molar-refractivity contribution is 5.73. The van der Waals surface area contributed by atoms with Gasteiger partial charge >= 0.3 is 5.97 Å². The van der Waals surface area contributed by atoms with Crippen LogP contribution in [0, 0.1) is 0 Å². The number of carboxylic acid groups (broad SMARTS) is 1. The van der Waals surface area contributed by atoms with Crippen molar-refractivity contribution >= 4 is 5.97 Å². The lowest BCUT2D eigenvalue weighted by Gasteiger charge is -2.29. The fraction of sp³-hybridized carbons (Fsp3) is 0.875. The molecule has 0 saturated heterocycles. The number of carboxylic acids is 1. The topological polar surface area (TPSA) is 49.3 Å². The van der Waals surface area contributed by atoms with Gasteiger partial charge in [0.05, 0.1) is 0 Å². The molecule has 1 fully saturated rings. The van der Waals surface area contributed by atoms with E-state index in [9.17, 15) is 4.79 Å². The first-order valence-corrected chi connectivity index (χ1v) is 4.23. The number of hydrogen-bond acceptors (Lipinski definition) is 2. The van der Waals surface area contributed by atoms with Crippen molar-refractivity contribution in [2.24, 2.45) is 0 Å². The zero-order valence-electron chi connectivity index (χ0n) is 6.84. The van der Waals surface area contributed by atoms with E-state index in [0.717, 1.165) is 12.8 Å². The van der Waals surface area contributed by atoms with E-state index in [4.69, 9.17) is 5.11 Å². The van der Waals surface area contributed by atoms with E-state index in [0.29, 0.717) is 12.5 Å². The SMILES string of the molecule is CCC(NC1CCC1)C(=O)O. The summed E-state index contributed by atoms with van der Waals surface area (Å²) in [7, 11) is 0. The van der Waals surface area contributed by atoms with Crippen LogP contribution in [-0.4, -0.2) is 23.2 Å². The second kappa shape index (κ2) is 3.72. The molecule has 0 amide bonds. The molecule has 64 valence electrons. The minimum Gasteiger partial charge on any atom is -0.480 e. The van der Waals surface area contributed by atoms with Crippen molar-refractivity contribution in [2.45, 2.75) is 44.7 Å². The van der Waals surface area contributed by atoms with Crippen molar-refractivity contribution in [1.29, 1.82) is 0 Å². The van der Waals surface area contributed by atoms with Crippen LogP contribution in [0.25, 0.3) is 0 Å². The van der Waals surface area contributed by atoms with Crippen molar-refractivity contribution in [3.05, 3.63) is 0 Å². The molecule has 1 rings (SSSR count). The molecule has 0 spiro atoms. The first kappa shape index (κ1) is 8.53. The van der Waals surface area contributed by atoms with Gasteiger partial charge in [-0.05, 0) is 19.3 Å². The summed E-state index contributed by atoms with van der Waals surface area (Å²) in [4.78, 5) is 10.5. The Balaban J connectivity index is 2.24. The molecule has 0 aromatic rings. The van der Waals surface area contributed by atoms with Gasteiger partial charge in [-0.15, -0.1) is 0 Å². The third kappa shape index (κ3) is 2.19. The summed E-state index contributed by atoms with van der Waals surface area (Å²) in [6.45, 7) is 1.89. The smallest absolute Gasteiger partial charge is 0.320 e.